The Kier molecular flexibility index (Phi) is 9.54. The van der Waals surface area contributed by atoms with Gasteiger partial charge in [0, 0.05) is 12.8 Å². The molecule has 0 radical (unpaired) electrons. The van der Waals surface area contributed by atoms with Gasteiger partial charge < -0.3 is 29.6 Å². The van der Waals surface area contributed by atoms with Gasteiger partial charge in [0.25, 0.3) is 0 Å². The van der Waals surface area contributed by atoms with Crippen LogP contribution in [0.3, 0.4) is 0 Å². The van der Waals surface area contributed by atoms with Crippen molar-refractivity contribution < 1.29 is 33.3 Å². The molecule has 0 saturated carbocycles. The van der Waals surface area contributed by atoms with Crippen LogP contribution in [0.25, 0.3) is 0 Å². The van der Waals surface area contributed by atoms with E-state index >= 15 is 0 Å². The number of esters is 1. The van der Waals surface area contributed by atoms with Gasteiger partial charge in [0.1, 0.15) is 42.4 Å². The van der Waals surface area contributed by atoms with Gasteiger partial charge in [-0.3, -0.25) is 4.79 Å². The summed E-state index contributed by atoms with van der Waals surface area (Å²) in [6, 6.07) is 12.5. The Labute approximate surface area is 217 Å². The predicted octanol–water partition coefficient (Wildman–Crippen LogP) is 3.35. The molecular formula is C28H34N2O7. The first-order valence-electron chi connectivity index (χ1n) is 12.1. The van der Waals surface area contributed by atoms with Crippen LogP contribution in [-0.2, 0) is 31.9 Å². The van der Waals surface area contributed by atoms with Crippen molar-refractivity contribution in [2.45, 2.75) is 51.3 Å². The van der Waals surface area contributed by atoms with Gasteiger partial charge in [-0.25, -0.2) is 9.59 Å². The van der Waals surface area contributed by atoms with E-state index in [9.17, 15) is 14.4 Å². The average molecular weight is 511 g/mol. The molecule has 0 fully saturated rings. The number of amides is 2. The molecule has 198 valence electrons. The molecule has 2 aromatic rings. The number of carbonyl (C=O) groups excluding carboxylic acids is 3. The smallest absolute Gasteiger partial charge is 0.408 e. The first-order chi connectivity index (χ1) is 17.6. The van der Waals surface area contributed by atoms with Gasteiger partial charge in [0.05, 0.1) is 7.11 Å². The van der Waals surface area contributed by atoms with Crippen molar-refractivity contribution >= 4 is 18.0 Å². The normalized spacial score (nSPS) is 18.6. The lowest BCUT2D eigenvalue weighted by Crippen LogP contribution is -2.53. The first-order valence-corrected chi connectivity index (χ1v) is 12.1. The summed E-state index contributed by atoms with van der Waals surface area (Å²) in [6.07, 6.45) is 3.37. The third-order valence-electron chi connectivity index (χ3n) is 5.40. The number of carbonyl (C=O) groups is 3. The molecule has 37 heavy (non-hydrogen) atoms. The monoisotopic (exact) mass is 510 g/mol. The van der Waals surface area contributed by atoms with E-state index < -0.39 is 35.7 Å². The topological polar surface area (TPSA) is 112 Å². The fourth-order valence-electron chi connectivity index (χ4n) is 3.61. The number of hydrogen-bond donors (Lipinski definition) is 2. The van der Waals surface area contributed by atoms with Crippen LogP contribution in [-0.4, -0.2) is 56.0 Å². The molecule has 2 aromatic carbocycles. The number of nitrogens with one attached hydrogen (secondary N) is 2. The van der Waals surface area contributed by atoms with E-state index in [4.69, 9.17) is 18.9 Å². The van der Waals surface area contributed by atoms with Gasteiger partial charge in [-0.2, -0.15) is 0 Å². The molecule has 9 nitrogen and oxygen atoms in total. The molecule has 4 aliphatic heterocycles. The Bertz CT molecular complexity index is 1090. The molecule has 0 spiro atoms. The number of rotatable bonds is 2. The summed E-state index contributed by atoms with van der Waals surface area (Å²) in [6.45, 7) is 5.96. The summed E-state index contributed by atoms with van der Waals surface area (Å²) < 4.78 is 21.7. The van der Waals surface area contributed by atoms with Gasteiger partial charge in [0.15, 0.2) is 0 Å². The quantitative estimate of drug-likeness (QED) is 0.471. The summed E-state index contributed by atoms with van der Waals surface area (Å²) in [5, 5.41) is 5.37. The zero-order valence-electron chi connectivity index (χ0n) is 21.6. The summed E-state index contributed by atoms with van der Waals surface area (Å²) in [5.74, 6) is 0.185. The third-order valence-corrected chi connectivity index (χ3v) is 5.40. The molecule has 4 bridgehead atoms. The van der Waals surface area contributed by atoms with Crippen LogP contribution in [0.15, 0.2) is 60.7 Å². The highest BCUT2D eigenvalue weighted by Crippen LogP contribution is 2.17. The van der Waals surface area contributed by atoms with Crippen LogP contribution in [0, 0.1) is 0 Å². The van der Waals surface area contributed by atoms with Crippen LogP contribution in [0.2, 0.25) is 0 Å². The molecule has 4 aliphatic rings. The molecule has 2 N–H and O–H groups in total. The van der Waals surface area contributed by atoms with Crippen LogP contribution >= 0.6 is 0 Å². The lowest BCUT2D eigenvalue weighted by molar-refractivity contribution is -0.145. The van der Waals surface area contributed by atoms with Crippen LogP contribution < -0.4 is 20.1 Å². The highest BCUT2D eigenvalue weighted by molar-refractivity contribution is 5.90. The second-order valence-corrected chi connectivity index (χ2v) is 9.57. The summed E-state index contributed by atoms with van der Waals surface area (Å²) in [5.41, 5.74) is 0.840. The number of methoxy groups -OCH3 is 1. The fraction of sp³-hybridized carbons (Fsp3) is 0.393. The standard InChI is InChI=1S/C28H34N2O7/c1-28(2,3)37-27(33)30-23-17-19-7-11-21(12-8-19)35-15-5-6-16-36-22-13-9-20(10-14-22)18-24(26(32)34-4)29-25(23)31/h5-14,23-24H,15-18H2,1-4H3,(H,29,31)(H,30,33). The second-order valence-electron chi connectivity index (χ2n) is 9.57. The minimum Gasteiger partial charge on any atom is -0.490 e. The molecule has 0 aliphatic carbocycles. The molecule has 4 heterocycles. The SMILES string of the molecule is COC(=O)C1Cc2ccc(cc2)OCC=CCOc2ccc(cc2)CC(NC(=O)OC(C)(C)C)C(=O)N1. The van der Waals surface area contributed by atoms with Gasteiger partial charge >= 0.3 is 12.1 Å². The van der Waals surface area contributed by atoms with E-state index in [1.807, 2.05) is 36.4 Å². The summed E-state index contributed by atoms with van der Waals surface area (Å²) >= 11 is 0. The number of benzene rings is 2. The van der Waals surface area contributed by atoms with Gasteiger partial charge in [0.2, 0.25) is 5.91 Å². The fourth-order valence-corrected chi connectivity index (χ4v) is 3.61. The van der Waals surface area contributed by atoms with E-state index in [1.54, 1.807) is 45.0 Å². The molecule has 2 atom stereocenters. The lowest BCUT2D eigenvalue weighted by Gasteiger charge is -2.25. The number of alkyl carbamates (subject to hydrolysis) is 1. The van der Waals surface area contributed by atoms with Gasteiger partial charge in [-0.05, 0) is 68.3 Å². The Morgan fingerprint density at radius 2 is 1.41 bits per heavy atom. The van der Waals surface area contributed by atoms with E-state index in [0.717, 1.165) is 11.1 Å². The summed E-state index contributed by atoms with van der Waals surface area (Å²) in [7, 11) is 1.26. The molecule has 2 amide bonds. The van der Waals surface area contributed by atoms with Crippen molar-refractivity contribution in [1.82, 2.24) is 10.6 Å². The first kappa shape index (κ1) is 27.6. The maximum atomic E-state index is 13.3. The maximum Gasteiger partial charge on any atom is 0.408 e. The molecule has 0 saturated heterocycles. The minimum atomic E-state index is -1.00. The molecule has 6 rings (SSSR count). The highest BCUT2D eigenvalue weighted by Gasteiger charge is 2.29. The zero-order valence-corrected chi connectivity index (χ0v) is 21.6. The Morgan fingerprint density at radius 1 is 0.892 bits per heavy atom. The molecule has 0 aromatic heterocycles. The minimum absolute atomic E-state index is 0.172. The van der Waals surface area contributed by atoms with Crippen LogP contribution in [0.4, 0.5) is 4.79 Å². The van der Waals surface area contributed by atoms with Crippen molar-refractivity contribution in [3.05, 3.63) is 71.8 Å². The highest BCUT2D eigenvalue weighted by atomic mass is 16.6. The van der Waals surface area contributed by atoms with Crippen molar-refractivity contribution in [2.75, 3.05) is 20.3 Å². The van der Waals surface area contributed by atoms with E-state index in [0.29, 0.717) is 24.7 Å². The molecule has 9 heteroatoms. The van der Waals surface area contributed by atoms with Crippen molar-refractivity contribution in [2.24, 2.45) is 0 Å². The largest absolute Gasteiger partial charge is 0.490 e. The third kappa shape index (κ3) is 9.18. The van der Waals surface area contributed by atoms with Gasteiger partial charge in [-0.15, -0.1) is 0 Å². The lowest BCUT2D eigenvalue weighted by atomic mass is 10.0. The Balaban J connectivity index is 1.89. The second kappa shape index (κ2) is 12.8. The maximum absolute atomic E-state index is 13.3. The van der Waals surface area contributed by atoms with E-state index in [2.05, 4.69) is 10.6 Å². The predicted molar refractivity (Wildman–Crippen MR) is 138 cm³/mol. The average Bonchev–Trinajstić information content (AvgIpc) is 2.85. The number of hydrogen-bond acceptors (Lipinski definition) is 7. The summed E-state index contributed by atoms with van der Waals surface area (Å²) in [4.78, 5) is 38.4. The molecular weight excluding hydrogens is 476 g/mol. The van der Waals surface area contributed by atoms with Crippen LogP contribution in [0.1, 0.15) is 31.9 Å². The zero-order chi connectivity index (χ0) is 26.8. The Hall–Kier alpha value is -4.01. The van der Waals surface area contributed by atoms with E-state index in [1.165, 1.54) is 7.11 Å². The Morgan fingerprint density at radius 3 is 1.89 bits per heavy atom. The van der Waals surface area contributed by atoms with Crippen LogP contribution in [0.5, 0.6) is 11.5 Å². The van der Waals surface area contributed by atoms with Crippen molar-refractivity contribution in [3.8, 4) is 11.5 Å². The van der Waals surface area contributed by atoms with Crippen molar-refractivity contribution in [1.29, 1.82) is 0 Å². The molecule has 2 unspecified atom stereocenters. The van der Waals surface area contributed by atoms with Gasteiger partial charge in [-0.1, -0.05) is 24.3 Å². The number of ether oxygens (including phenoxy) is 4. The van der Waals surface area contributed by atoms with Crippen molar-refractivity contribution in [3.63, 3.8) is 0 Å². The van der Waals surface area contributed by atoms with E-state index in [-0.39, 0.29) is 12.8 Å².